The second-order valence-corrected chi connectivity index (χ2v) is 6.89. The predicted molar refractivity (Wildman–Crippen MR) is 102 cm³/mol. The van der Waals surface area contributed by atoms with E-state index < -0.39 is 0 Å². The van der Waals surface area contributed by atoms with E-state index in [2.05, 4.69) is 29.2 Å². The van der Waals surface area contributed by atoms with Gasteiger partial charge in [-0.05, 0) is 58.8 Å². The van der Waals surface area contributed by atoms with Crippen LogP contribution in [0, 0.1) is 5.92 Å². The van der Waals surface area contributed by atoms with Gasteiger partial charge in [0.05, 0.1) is 6.10 Å². The van der Waals surface area contributed by atoms with Crippen LogP contribution in [0.4, 0.5) is 0 Å². The molecule has 0 unspecified atom stereocenters. The monoisotopic (exact) mass is 384 g/mol. The van der Waals surface area contributed by atoms with Crippen LogP contribution in [0.1, 0.15) is 25.7 Å². The fourth-order valence-corrected chi connectivity index (χ4v) is 3.19. The molecule has 8 heteroatoms. The Balaban J connectivity index is 0.00000264. The smallest absolute Gasteiger partial charge is 0.249 e. The van der Waals surface area contributed by atoms with Gasteiger partial charge in [0.15, 0.2) is 0 Å². The lowest BCUT2D eigenvalue weighted by molar-refractivity contribution is -0.132. The third-order valence-electron chi connectivity index (χ3n) is 4.80. The van der Waals surface area contributed by atoms with E-state index in [1.807, 2.05) is 0 Å². The molecule has 0 aromatic rings. The van der Waals surface area contributed by atoms with Crippen LogP contribution >= 0.6 is 24.8 Å². The molecule has 144 valence electrons. The van der Waals surface area contributed by atoms with Crippen LogP contribution in [0.2, 0.25) is 0 Å². The van der Waals surface area contributed by atoms with Crippen molar-refractivity contribution in [3.8, 4) is 0 Å². The topological polar surface area (TPSA) is 70.8 Å². The summed E-state index contributed by atoms with van der Waals surface area (Å²) in [6.07, 6.45) is 3.83. The predicted octanol–water partition coefficient (Wildman–Crippen LogP) is 0.726. The third-order valence-corrected chi connectivity index (χ3v) is 4.80. The highest BCUT2D eigenvalue weighted by Gasteiger charge is 2.30. The van der Waals surface area contributed by atoms with Gasteiger partial charge in [0.25, 0.3) is 0 Å². The molecule has 0 radical (unpaired) electrons. The molecule has 0 aromatic carbocycles. The van der Waals surface area contributed by atoms with E-state index in [1.54, 1.807) is 0 Å². The van der Waals surface area contributed by atoms with Gasteiger partial charge in [0, 0.05) is 26.2 Å². The lowest BCUT2D eigenvalue weighted by Crippen LogP contribution is -2.43. The van der Waals surface area contributed by atoms with Crippen molar-refractivity contribution in [3.63, 3.8) is 0 Å². The number of nitrogens with two attached hydrogens (primary N) is 1. The minimum absolute atomic E-state index is 0. The van der Waals surface area contributed by atoms with E-state index in [0.717, 1.165) is 45.6 Å². The molecule has 1 amide bonds. The summed E-state index contributed by atoms with van der Waals surface area (Å²) in [4.78, 5) is 16.8. The van der Waals surface area contributed by atoms with Crippen molar-refractivity contribution < 1.29 is 9.53 Å². The lowest BCUT2D eigenvalue weighted by atomic mass is 9.96. The number of likely N-dealkylation sites (N-methyl/N-ethyl adjacent to an activating group) is 1. The molecule has 2 rings (SSSR count). The Morgan fingerprint density at radius 3 is 2.42 bits per heavy atom. The molecule has 2 saturated heterocycles. The average Bonchev–Trinajstić information content (AvgIpc) is 3.00. The number of carbonyl (C=O) groups is 1. The van der Waals surface area contributed by atoms with E-state index in [4.69, 9.17) is 10.5 Å². The van der Waals surface area contributed by atoms with Crippen LogP contribution in [0.3, 0.4) is 0 Å². The van der Waals surface area contributed by atoms with Gasteiger partial charge in [0.2, 0.25) is 5.91 Å². The summed E-state index contributed by atoms with van der Waals surface area (Å²) in [5.74, 6) is 0.650. The minimum atomic E-state index is -0.284. The first-order valence-corrected chi connectivity index (χ1v) is 8.58. The Morgan fingerprint density at radius 1 is 1.21 bits per heavy atom. The maximum Gasteiger partial charge on any atom is 0.249 e. The molecule has 0 spiro atoms. The summed E-state index contributed by atoms with van der Waals surface area (Å²) in [6, 6.07) is 0. The number of rotatable bonds is 7. The van der Waals surface area contributed by atoms with Crippen molar-refractivity contribution in [2.75, 3.05) is 53.4 Å². The molecule has 2 fully saturated rings. The highest BCUT2D eigenvalue weighted by molar-refractivity contribution is 5.85. The lowest BCUT2D eigenvalue weighted by Gasteiger charge is -2.32. The first-order valence-electron chi connectivity index (χ1n) is 8.58. The van der Waals surface area contributed by atoms with Crippen molar-refractivity contribution in [3.05, 3.63) is 0 Å². The Morgan fingerprint density at radius 2 is 1.88 bits per heavy atom. The van der Waals surface area contributed by atoms with Gasteiger partial charge in [-0.25, -0.2) is 0 Å². The van der Waals surface area contributed by atoms with Gasteiger partial charge in [-0.3, -0.25) is 4.79 Å². The van der Waals surface area contributed by atoms with E-state index >= 15 is 0 Å². The molecule has 0 aromatic heterocycles. The van der Waals surface area contributed by atoms with Gasteiger partial charge in [-0.2, -0.15) is 0 Å². The fraction of sp³-hybridized carbons (Fsp3) is 0.938. The number of halogens is 2. The number of amides is 1. The molecule has 6 nitrogen and oxygen atoms in total. The third kappa shape index (κ3) is 7.85. The number of hydrogen-bond acceptors (Lipinski definition) is 5. The maximum atomic E-state index is 12.1. The molecule has 24 heavy (non-hydrogen) atoms. The van der Waals surface area contributed by atoms with Crippen molar-refractivity contribution in [2.24, 2.45) is 11.7 Å². The Kier molecular flexibility index (Phi) is 12.2. The van der Waals surface area contributed by atoms with Gasteiger partial charge in [-0.15, -0.1) is 24.8 Å². The highest BCUT2D eigenvalue weighted by Crippen LogP contribution is 2.20. The number of nitrogens with one attached hydrogen (secondary N) is 1. The fourth-order valence-electron chi connectivity index (χ4n) is 3.19. The Labute approximate surface area is 158 Å². The van der Waals surface area contributed by atoms with Crippen LogP contribution in [0.15, 0.2) is 0 Å². The zero-order chi connectivity index (χ0) is 15.9. The number of carbonyl (C=O) groups excluding carboxylic acids is 1. The van der Waals surface area contributed by atoms with Crippen molar-refractivity contribution in [1.82, 2.24) is 15.1 Å². The molecule has 2 atom stereocenters. The van der Waals surface area contributed by atoms with Crippen molar-refractivity contribution in [2.45, 2.75) is 37.9 Å². The zero-order valence-corrected chi connectivity index (χ0v) is 16.5. The first-order chi connectivity index (χ1) is 10.6. The summed E-state index contributed by atoms with van der Waals surface area (Å²) in [6.45, 7) is 5.83. The highest BCUT2D eigenvalue weighted by atomic mass is 35.5. The quantitative estimate of drug-likeness (QED) is 0.676. The summed E-state index contributed by atoms with van der Waals surface area (Å²) < 4.78 is 5.63. The number of likely N-dealkylation sites (tertiary alicyclic amines) is 1. The number of hydrogen-bond donors (Lipinski definition) is 2. The Hall–Kier alpha value is -0.110. The summed E-state index contributed by atoms with van der Waals surface area (Å²) in [5.41, 5.74) is 5.58. The molecular weight excluding hydrogens is 351 g/mol. The number of piperidine rings is 1. The molecule has 3 N–H and O–H groups in total. The van der Waals surface area contributed by atoms with Crippen LogP contribution in [-0.4, -0.2) is 81.3 Å². The van der Waals surface area contributed by atoms with Crippen LogP contribution in [0.5, 0.6) is 0 Å². The second-order valence-electron chi connectivity index (χ2n) is 6.89. The molecule has 2 heterocycles. The number of nitrogens with zero attached hydrogens (tertiary/aromatic N) is 2. The van der Waals surface area contributed by atoms with E-state index in [9.17, 15) is 4.79 Å². The first kappa shape index (κ1) is 23.9. The van der Waals surface area contributed by atoms with E-state index in [-0.39, 0.29) is 42.9 Å². The molecule has 0 saturated carbocycles. The summed E-state index contributed by atoms with van der Waals surface area (Å²) in [7, 11) is 4.23. The Bertz CT molecular complexity index is 353. The number of ether oxygens (including phenoxy) is 1. The van der Waals surface area contributed by atoms with Gasteiger partial charge in [0.1, 0.15) is 6.10 Å². The van der Waals surface area contributed by atoms with Crippen LogP contribution in [0.25, 0.3) is 0 Å². The van der Waals surface area contributed by atoms with Crippen molar-refractivity contribution >= 4 is 30.7 Å². The molecule has 2 aliphatic heterocycles. The standard InChI is InChI=1S/C16H32N4O2.2ClH/c1-19(2)9-10-20-7-5-13(6-8-20)12-18-16(21)15-4-3-14(11-17)22-15;;/h13-15H,3-12,17H2,1-2H3,(H,18,21);2*1H/t14-,15+;;/m1../s1. The minimum Gasteiger partial charge on any atom is -0.364 e. The van der Waals surface area contributed by atoms with Gasteiger partial charge in [-0.1, -0.05) is 0 Å². The SMILES string of the molecule is CN(C)CCN1CCC(CNC(=O)[C@@H]2CC[C@H](CN)O2)CC1.Cl.Cl. The van der Waals surface area contributed by atoms with Crippen LogP contribution in [-0.2, 0) is 9.53 Å². The average molecular weight is 385 g/mol. The van der Waals surface area contributed by atoms with E-state index in [1.165, 1.54) is 12.8 Å². The molecule has 0 bridgehead atoms. The van der Waals surface area contributed by atoms with E-state index in [0.29, 0.717) is 12.5 Å². The maximum absolute atomic E-state index is 12.1. The van der Waals surface area contributed by atoms with Crippen molar-refractivity contribution in [1.29, 1.82) is 0 Å². The zero-order valence-electron chi connectivity index (χ0n) is 14.9. The summed E-state index contributed by atoms with van der Waals surface area (Å²) in [5, 5.41) is 3.07. The van der Waals surface area contributed by atoms with Crippen LogP contribution < -0.4 is 11.1 Å². The normalized spacial score (nSPS) is 25.2. The summed E-state index contributed by atoms with van der Waals surface area (Å²) >= 11 is 0. The van der Waals surface area contributed by atoms with Gasteiger partial charge < -0.3 is 25.6 Å². The molecule has 0 aliphatic carbocycles. The van der Waals surface area contributed by atoms with Gasteiger partial charge >= 0.3 is 0 Å². The molecular formula is C16H34Cl2N4O2. The molecule has 2 aliphatic rings. The largest absolute Gasteiger partial charge is 0.364 e. The second kappa shape index (κ2) is 12.3.